The fourth-order valence-corrected chi connectivity index (χ4v) is 5.32. The van der Waals surface area contributed by atoms with Crippen molar-refractivity contribution in [3.8, 4) is 17.2 Å². The Kier molecular flexibility index (Phi) is 9.71. The van der Waals surface area contributed by atoms with Gasteiger partial charge in [0.25, 0.3) is 5.91 Å². The lowest BCUT2D eigenvalue weighted by atomic mass is 9.94. The first-order valence-corrected chi connectivity index (χ1v) is 14.0. The molecule has 1 unspecified atom stereocenters. The van der Waals surface area contributed by atoms with Crippen molar-refractivity contribution in [2.45, 2.75) is 46.3 Å². The summed E-state index contributed by atoms with van der Waals surface area (Å²) in [5.41, 5.74) is 1.69. The molecule has 4 rings (SSSR count). The minimum Gasteiger partial charge on any atom is -0.872 e. The number of Topliss-reactive ketones (excluding diaryl/α,β-unsaturated/α-hetero) is 1. The first-order chi connectivity index (χ1) is 19.2. The number of hydrogen-bond acceptors (Lipinski definition) is 7. The van der Waals surface area contributed by atoms with E-state index in [9.17, 15) is 14.7 Å². The van der Waals surface area contributed by atoms with E-state index in [1.165, 1.54) is 16.9 Å². The van der Waals surface area contributed by atoms with Gasteiger partial charge in [-0.05, 0) is 68.7 Å². The zero-order chi connectivity index (χ0) is 28.8. The Morgan fingerprint density at radius 3 is 2.48 bits per heavy atom. The molecule has 0 radical (unpaired) electrons. The predicted molar refractivity (Wildman–Crippen MR) is 148 cm³/mol. The third-order valence-electron chi connectivity index (χ3n) is 7.26. The number of nitrogens with zero attached hydrogens (tertiary/aromatic N) is 1. The van der Waals surface area contributed by atoms with E-state index in [0.29, 0.717) is 47.9 Å². The van der Waals surface area contributed by atoms with Crippen molar-refractivity contribution in [2.75, 3.05) is 53.1 Å². The third kappa shape index (κ3) is 6.42. The molecule has 2 aromatic carbocycles. The van der Waals surface area contributed by atoms with Crippen molar-refractivity contribution in [3.63, 3.8) is 0 Å². The van der Waals surface area contributed by atoms with Crippen LogP contribution < -0.4 is 24.2 Å². The van der Waals surface area contributed by atoms with E-state index in [1.54, 1.807) is 36.4 Å². The highest BCUT2D eigenvalue weighted by Gasteiger charge is 2.44. The number of rotatable bonds is 11. The lowest BCUT2D eigenvalue weighted by molar-refractivity contribution is -0.908. The Balaban J connectivity index is 1.73. The van der Waals surface area contributed by atoms with Gasteiger partial charge < -0.3 is 33.9 Å². The molecule has 2 heterocycles. The van der Waals surface area contributed by atoms with Gasteiger partial charge in [0, 0.05) is 18.5 Å². The third-order valence-corrected chi connectivity index (χ3v) is 7.26. The number of hydrogen-bond donors (Lipinski definition) is 1. The summed E-state index contributed by atoms with van der Waals surface area (Å²) in [4.78, 5) is 29.8. The maximum absolute atomic E-state index is 13.9. The average molecular weight is 553 g/mol. The summed E-state index contributed by atoms with van der Waals surface area (Å²) in [6.45, 7) is 12.5. The Bertz CT molecular complexity index is 1250. The van der Waals surface area contributed by atoms with Crippen LogP contribution in [0.5, 0.6) is 17.2 Å². The minimum atomic E-state index is -0.830. The van der Waals surface area contributed by atoms with Gasteiger partial charge in [0.05, 0.1) is 45.6 Å². The largest absolute Gasteiger partial charge is 0.872 e. The van der Waals surface area contributed by atoms with Gasteiger partial charge in [-0.3, -0.25) is 9.59 Å². The molecule has 40 heavy (non-hydrogen) atoms. The SMILES string of the molecule is CCOc1ccc(C2C(=C([O-])c3ccc(OC(C)C)c(C)c3)C(=O)C(=O)N2CCC[NH+]2CCOCC2)cc1OC. The van der Waals surface area contributed by atoms with Crippen LogP contribution in [0.25, 0.3) is 5.76 Å². The lowest BCUT2D eigenvalue weighted by Crippen LogP contribution is -3.14. The highest BCUT2D eigenvalue weighted by atomic mass is 16.5. The number of likely N-dealkylation sites (tertiary alicyclic amines) is 1. The van der Waals surface area contributed by atoms with Crippen LogP contribution in [0, 0.1) is 6.92 Å². The Morgan fingerprint density at radius 1 is 1.10 bits per heavy atom. The van der Waals surface area contributed by atoms with Gasteiger partial charge in [-0.25, -0.2) is 0 Å². The zero-order valence-electron chi connectivity index (χ0n) is 24.1. The number of nitrogens with one attached hydrogen (secondary N) is 1. The van der Waals surface area contributed by atoms with E-state index >= 15 is 0 Å². The number of benzene rings is 2. The van der Waals surface area contributed by atoms with Crippen molar-refractivity contribution in [1.82, 2.24) is 4.90 Å². The van der Waals surface area contributed by atoms with Crippen molar-refractivity contribution in [1.29, 1.82) is 0 Å². The number of morpholine rings is 1. The van der Waals surface area contributed by atoms with E-state index in [2.05, 4.69) is 0 Å². The molecule has 0 saturated carbocycles. The molecule has 2 aliphatic heterocycles. The van der Waals surface area contributed by atoms with Gasteiger partial charge in [-0.2, -0.15) is 0 Å². The smallest absolute Gasteiger partial charge is 0.295 e. The molecule has 1 N–H and O–H groups in total. The first kappa shape index (κ1) is 29.4. The van der Waals surface area contributed by atoms with Crippen LogP contribution in [0.3, 0.4) is 0 Å². The molecule has 0 spiro atoms. The number of aryl methyl sites for hydroxylation is 1. The molecule has 9 heteroatoms. The van der Waals surface area contributed by atoms with E-state index in [0.717, 1.165) is 38.4 Å². The van der Waals surface area contributed by atoms with Crippen LogP contribution in [-0.2, 0) is 14.3 Å². The average Bonchev–Trinajstić information content (AvgIpc) is 3.19. The molecule has 1 atom stereocenters. The summed E-state index contributed by atoms with van der Waals surface area (Å²) in [5, 5.41) is 13.9. The molecule has 0 aromatic heterocycles. The number of methoxy groups -OCH3 is 1. The van der Waals surface area contributed by atoms with E-state index in [4.69, 9.17) is 18.9 Å². The molecule has 0 aliphatic carbocycles. The second-order valence-electron chi connectivity index (χ2n) is 10.4. The van der Waals surface area contributed by atoms with E-state index in [-0.39, 0.29) is 11.7 Å². The van der Waals surface area contributed by atoms with Crippen LogP contribution in [0.2, 0.25) is 0 Å². The second-order valence-corrected chi connectivity index (χ2v) is 10.4. The number of carbonyl (C=O) groups is 2. The fourth-order valence-electron chi connectivity index (χ4n) is 5.32. The van der Waals surface area contributed by atoms with Gasteiger partial charge >= 0.3 is 0 Å². The van der Waals surface area contributed by atoms with Gasteiger partial charge in [0.2, 0.25) is 5.78 Å². The minimum absolute atomic E-state index is 0.0180. The van der Waals surface area contributed by atoms with Gasteiger partial charge in [-0.1, -0.05) is 17.9 Å². The summed E-state index contributed by atoms with van der Waals surface area (Å²) in [5.74, 6) is -0.184. The molecule has 1 amide bonds. The quantitative estimate of drug-likeness (QED) is 0.257. The summed E-state index contributed by atoms with van der Waals surface area (Å²) >= 11 is 0. The van der Waals surface area contributed by atoms with Crippen molar-refractivity contribution >= 4 is 17.4 Å². The summed E-state index contributed by atoms with van der Waals surface area (Å²) in [7, 11) is 1.54. The highest BCUT2D eigenvalue weighted by Crippen LogP contribution is 2.41. The standard InChI is InChI=1S/C31H40N2O7/c1-6-39-25-11-8-22(19-26(25)37-5)28-27(29(34)23-9-10-24(21(4)18-23)40-20(2)3)30(35)31(36)33(28)13-7-12-32-14-16-38-17-15-32/h8-11,18-20,28,34H,6-7,12-17H2,1-5H3. The van der Waals surface area contributed by atoms with E-state index < -0.39 is 23.5 Å². The Morgan fingerprint density at radius 2 is 1.82 bits per heavy atom. The topological polar surface area (TPSA) is 102 Å². The number of amides is 1. The fraction of sp³-hybridized carbons (Fsp3) is 0.484. The lowest BCUT2D eigenvalue weighted by Gasteiger charge is -2.29. The zero-order valence-corrected chi connectivity index (χ0v) is 24.1. The van der Waals surface area contributed by atoms with Crippen molar-refractivity contribution in [3.05, 3.63) is 58.7 Å². The molecule has 2 fully saturated rings. The van der Waals surface area contributed by atoms with Crippen LogP contribution in [0.1, 0.15) is 49.9 Å². The second kappa shape index (κ2) is 13.2. The number of ether oxygens (including phenoxy) is 4. The number of carbonyl (C=O) groups excluding carboxylic acids is 2. The number of ketones is 1. The van der Waals surface area contributed by atoms with Gasteiger partial charge in [-0.15, -0.1) is 0 Å². The predicted octanol–water partition coefficient (Wildman–Crippen LogP) is 1.72. The van der Waals surface area contributed by atoms with Crippen LogP contribution in [0.15, 0.2) is 42.0 Å². The normalized spacial score (nSPS) is 19.4. The maximum atomic E-state index is 13.9. The number of quaternary nitrogens is 1. The monoisotopic (exact) mass is 552 g/mol. The summed E-state index contributed by atoms with van der Waals surface area (Å²) < 4.78 is 22.5. The first-order valence-electron chi connectivity index (χ1n) is 14.0. The van der Waals surface area contributed by atoms with Crippen molar-refractivity contribution in [2.24, 2.45) is 0 Å². The maximum Gasteiger partial charge on any atom is 0.295 e. The molecule has 9 nitrogen and oxygen atoms in total. The Hall–Kier alpha value is -3.56. The summed E-state index contributed by atoms with van der Waals surface area (Å²) in [6.07, 6.45) is 0.677. The molecule has 2 aliphatic rings. The summed E-state index contributed by atoms with van der Waals surface area (Å²) in [6, 6.07) is 9.57. The van der Waals surface area contributed by atoms with Crippen LogP contribution in [0.4, 0.5) is 0 Å². The van der Waals surface area contributed by atoms with Crippen LogP contribution >= 0.6 is 0 Å². The van der Waals surface area contributed by atoms with Crippen LogP contribution in [-0.4, -0.2) is 75.8 Å². The van der Waals surface area contributed by atoms with Gasteiger partial charge in [0.1, 0.15) is 18.8 Å². The van der Waals surface area contributed by atoms with E-state index in [1.807, 2.05) is 27.7 Å². The Labute approximate surface area is 236 Å². The van der Waals surface area contributed by atoms with Gasteiger partial charge in [0.15, 0.2) is 11.5 Å². The highest BCUT2D eigenvalue weighted by molar-refractivity contribution is 6.46. The molecular weight excluding hydrogens is 512 g/mol. The molecular formula is C31H40N2O7. The molecule has 2 saturated heterocycles. The molecule has 0 bridgehead atoms. The molecule has 216 valence electrons. The van der Waals surface area contributed by atoms with Crippen molar-refractivity contribution < 1.29 is 38.5 Å². The molecule has 2 aromatic rings.